The molecule has 2 heterocycles. The molecule has 1 aromatic carbocycles. The molecule has 9 nitrogen and oxygen atoms in total. The van der Waals surface area contributed by atoms with Crippen molar-refractivity contribution in [3.63, 3.8) is 0 Å². The van der Waals surface area contributed by atoms with Crippen molar-refractivity contribution in [3.8, 4) is 11.4 Å². The predicted octanol–water partition coefficient (Wildman–Crippen LogP) is 1.96. The maximum Gasteiger partial charge on any atom is 0.319 e. The topological polar surface area (TPSA) is 98.9 Å². The smallest absolute Gasteiger partial charge is 0.319 e. The molecule has 27 heavy (non-hydrogen) atoms. The number of rotatable bonds is 7. The van der Waals surface area contributed by atoms with Gasteiger partial charge in [0.05, 0.1) is 25.2 Å². The lowest BCUT2D eigenvalue weighted by atomic mass is 10.1. The molecule has 0 aliphatic heterocycles. The summed E-state index contributed by atoms with van der Waals surface area (Å²) in [7, 11) is 3.54. The lowest BCUT2D eigenvalue weighted by Crippen LogP contribution is -2.29. The Kier molecular flexibility index (Phi) is 5.82. The molecule has 3 rings (SSSR count). The number of nitrogens with zero attached hydrogens (tertiary/aromatic N) is 5. The van der Waals surface area contributed by atoms with Gasteiger partial charge in [-0.1, -0.05) is 12.1 Å². The van der Waals surface area contributed by atoms with Crippen LogP contribution in [0, 0.1) is 6.92 Å². The fraction of sp³-hybridized carbons (Fsp3) is 0.333. The van der Waals surface area contributed by atoms with E-state index in [1.165, 1.54) is 0 Å². The van der Waals surface area contributed by atoms with Gasteiger partial charge < -0.3 is 24.5 Å². The van der Waals surface area contributed by atoms with E-state index in [2.05, 4.69) is 25.8 Å². The number of hydrogen-bond donors (Lipinski definition) is 2. The fourth-order valence-corrected chi connectivity index (χ4v) is 2.76. The van der Waals surface area contributed by atoms with Gasteiger partial charge in [-0.3, -0.25) is 0 Å². The number of imidazole rings is 1. The van der Waals surface area contributed by atoms with Gasteiger partial charge in [0.25, 0.3) is 0 Å². The number of carbonyl (C=O) groups is 1. The number of urea groups is 1. The number of aromatic nitrogens is 5. The van der Waals surface area contributed by atoms with Crippen molar-refractivity contribution in [1.82, 2.24) is 29.6 Å². The van der Waals surface area contributed by atoms with Crippen LogP contribution in [0.5, 0.6) is 0 Å². The molecule has 0 spiro atoms. The number of nitrogens with one attached hydrogen (secondary N) is 2. The zero-order chi connectivity index (χ0) is 19.2. The third-order valence-electron chi connectivity index (χ3n) is 4.30. The second-order valence-corrected chi connectivity index (χ2v) is 6.12. The fourth-order valence-electron chi connectivity index (χ4n) is 2.76. The molecule has 0 aliphatic rings. The Morgan fingerprint density at radius 1 is 1.30 bits per heavy atom. The minimum atomic E-state index is -0.285. The zero-order valence-corrected chi connectivity index (χ0v) is 15.6. The molecule has 2 N–H and O–H groups in total. The van der Waals surface area contributed by atoms with E-state index in [4.69, 9.17) is 4.74 Å². The molecule has 3 aromatic rings. The molecule has 0 saturated carbocycles. The van der Waals surface area contributed by atoms with E-state index in [-0.39, 0.29) is 6.03 Å². The highest BCUT2D eigenvalue weighted by atomic mass is 16.5. The van der Waals surface area contributed by atoms with Crippen molar-refractivity contribution < 1.29 is 9.53 Å². The molecule has 0 atom stereocenters. The van der Waals surface area contributed by atoms with E-state index < -0.39 is 0 Å². The average Bonchev–Trinajstić information content (AvgIpc) is 3.28. The number of hydrogen-bond acceptors (Lipinski definition) is 5. The van der Waals surface area contributed by atoms with Crippen molar-refractivity contribution in [3.05, 3.63) is 48.3 Å². The highest BCUT2D eigenvalue weighted by Crippen LogP contribution is 2.26. The third kappa shape index (κ3) is 4.32. The minimum absolute atomic E-state index is 0.285. The van der Waals surface area contributed by atoms with Crippen LogP contribution in [0.15, 0.2) is 37.1 Å². The van der Waals surface area contributed by atoms with Gasteiger partial charge in [0.2, 0.25) is 0 Å². The van der Waals surface area contributed by atoms with Gasteiger partial charge in [0.15, 0.2) is 5.82 Å². The summed E-state index contributed by atoms with van der Waals surface area (Å²) in [6.07, 6.45) is 5.10. The van der Waals surface area contributed by atoms with Crippen LogP contribution in [0.3, 0.4) is 0 Å². The van der Waals surface area contributed by atoms with E-state index in [1.54, 1.807) is 26.0 Å². The summed E-state index contributed by atoms with van der Waals surface area (Å²) in [5, 5.41) is 13.8. The minimum Gasteiger partial charge on any atom is -0.383 e. The van der Waals surface area contributed by atoms with Gasteiger partial charge in [-0.15, -0.1) is 10.2 Å². The van der Waals surface area contributed by atoms with Crippen molar-refractivity contribution in [2.45, 2.75) is 20.0 Å². The number of ether oxygens (including phenoxy) is 1. The predicted molar refractivity (Wildman–Crippen MR) is 101 cm³/mol. The molecule has 0 bridgehead atoms. The normalized spacial score (nSPS) is 10.8. The molecule has 2 aromatic heterocycles. The Bertz CT molecular complexity index is 916. The summed E-state index contributed by atoms with van der Waals surface area (Å²) in [5.41, 5.74) is 3.48. The van der Waals surface area contributed by atoms with Crippen LogP contribution in [0.1, 0.15) is 11.3 Å². The Balaban J connectivity index is 1.65. The summed E-state index contributed by atoms with van der Waals surface area (Å²) in [4.78, 5) is 16.5. The van der Waals surface area contributed by atoms with Gasteiger partial charge >= 0.3 is 6.03 Å². The number of anilines is 1. The summed E-state index contributed by atoms with van der Waals surface area (Å²) in [6, 6.07) is 5.41. The highest BCUT2D eigenvalue weighted by Gasteiger charge is 2.12. The monoisotopic (exact) mass is 369 g/mol. The summed E-state index contributed by atoms with van der Waals surface area (Å²) < 4.78 is 8.87. The molecular formula is C18H23N7O2. The van der Waals surface area contributed by atoms with Crippen molar-refractivity contribution in [2.75, 3.05) is 19.0 Å². The lowest BCUT2D eigenvalue weighted by molar-refractivity contribution is 0.186. The van der Waals surface area contributed by atoms with Gasteiger partial charge in [0.1, 0.15) is 6.33 Å². The molecule has 142 valence electrons. The Morgan fingerprint density at radius 2 is 2.15 bits per heavy atom. The zero-order valence-electron chi connectivity index (χ0n) is 15.6. The van der Waals surface area contributed by atoms with Gasteiger partial charge in [-0.05, 0) is 18.6 Å². The Morgan fingerprint density at radius 3 is 2.89 bits per heavy atom. The first kappa shape index (κ1) is 18.6. The second kappa shape index (κ2) is 8.45. The number of aryl methyl sites for hydroxylation is 1. The van der Waals surface area contributed by atoms with E-state index >= 15 is 0 Å². The molecule has 0 fully saturated rings. The maximum absolute atomic E-state index is 12.3. The molecule has 0 unspecified atom stereocenters. The molecule has 0 saturated heterocycles. The number of amides is 2. The van der Waals surface area contributed by atoms with Gasteiger partial charge in [0, 0.05) is 38.1 Å². The standard InChI is InChI=1S/C18H23N7O2/c1-13-15(17-23-21-12-24(17)2)5-4-6-16(13)22-18(26)20-10-14-9-19-11-25(14)7-8-27-3/h4-6,9,11-12H,7-8,10H2,1-3H3,(H2,20,22,26). The summed E-state index contributed by atoms with van der Waals surface area (Å²) in [6.45, 7) is 3.59. The van der Waals surface area contributed by atoms with E-state index in [0.717, 1.165) is 28.3 Å². The quantitative estimate of drug-likeness (QED) is 0.663. The number of methoxy groups -OCH3 is 1. The van der Waals surface area contributed by atoms with Crippen LogP contribution in [-0.4, -0.2) is 44.1 Å². The van der Waals surface area contributed by atoms with Crippen LogP contribution in [0.4, 0.5) is 10.5 Å². The SMILES string of the molecule is COCCn1cncc1CNC(=O)Nc1cccc(-c2nncn2C)c1C. The third-order valence-corrected chi connectivity index (χ3v) is 4.30. The van der Waals surface area contributed by atoms with Crippen molar-refractivity contribution in [1.29, 1.82) is 0 Å². The van der Waals surface area contributed by atoms with Crippen molar-refractivity contribution >= 4 is 11.7 Å². The van der Waals surface area contributed by atoms with Crippen LogP contribution in [0.2, 0.25) is 0 Å². The van der Waals surface area contributed by atoms with E-state index in [9.17, 15) is 4.79 Å². The first-order valence-corrected chi connectivity index (χ1v) is 8.57. The molecule has 0 radical (unpaired) electrons. The largest absolute Gasteiger partial charge is 0.383 e. The second-order valence-electron chi connectivity index (χ2n) is 6.12. The molecule has 9 heteroatoms. The maximum atomic E-state index is 12.3. The first-order valence-electron chi connectivity index (χ1n) is 8.57. The lowest BCUT2D eigenvalue weighted by Gasteiger charge is -2.13. The first-order chi connectivity index (χ1) is 13.1. The van der Waals surface area contributed by atoms with Crippen molar-refractivity contribution in [2.24, 2.45) is 7.05 Å². The van der Waals surface area contributed by atoms with Crippen LogP contribution in [0.25, 0.3) is 11.4 Å². The summed E-state index contributed by atoms with van der Waals surface area (Å²) in [5.74, 6) is 0.749. The highest BCUT2D eigenvalue weighted by molar-refractivity contribution is 5.91. The molecule has 2 amide bonds. The molecular weight excluding hydrogens is 346 g/mol. The number of carbonyl (C=O) groups excluding carboxylic acids is 1. The Labute approximate surface area is 157 Å². The van der Waals surface area contributed by atoms with E-state index in [0.29, 0.717) is 19.7 Å². The van der Waals surface area contributed by atoms with Gasteiger partial charge in [-0.2, -0.15) is 0 Å². The van der Waals surface area contributed by atoms with E-state index in [1.807, 2.05) is 41.3 Å². The van der Waals surface area contributed by atoms with Crippen LogP contribution < -0.4 is 10.6 Å². The molecule has 0 aliphatic carbocycles. The number of benzene rings is 1. The van der Waals surface area contributed by atoms with Crippen LogP contribution >= 0.6 is 0 Å². The summed E-state index contributed by atoms with van der Waals surface area (Å²) >= 11 is 0. The van der Waals surface area contributed by atoms with Gasteiger partial charge in [-0.25, -0.2) is 9.78 Å². The average molecular weight is 369 g/mol. The van der Waals surface area contributed by atoms with Crippen LogP contribution in [-0.2, 0) is 24.9 Å². The Hall–Kier alpha value is -3.20.